The van der Waals surface area contributed by atoms with Crippen LogP contribution in [0.3, 0.4) is 0 Å². The summed E-state index contributed by atoms with van der Waals surface area (Å²) < 4.78 is 5.40. The van der Waals surface area contributed by atoms with E-state index in [-0.39, 0.29) is 30.4 Å². The van der Waals surface area contributed by atoms with E-state index in [4.69, 9.17) is 4.74 Å². The van der Waals surface area contributed by atoms with Gasteiger partial charge in [0.05, 0.1) is 30.3 Å². The highest BCUT2D eigenvalue weighted by Gasteiger charge is 2.41. The molecule has 1 amide bonds. The first kappa shape index (κ1) is 23.1. The summed E-state index contributed by atoms with van der Waals surface area (Å²) in [6.45, 7) is 12.1. The molecule has 0 aromatic heterocycles. The van der Waals surface area contributed by atoms with E-state index in [1.165, 1.54) is 11.8 Å². The van der Waals surface area contributed by atoms with Crippen LogP contribution in [-0.4, -0.2) is 34.6 Å². The molecule has 0 saturated heterocycles. The van der Waals surface area contributed by atoms with Gasteiger partial charge < -0.3 is 15.0 Å². The Balaban J connectivity index is 2.04. The molecule has 0 saturated carbocycles. The average Bonchev–Trinajstić information content (AvgIpc) is 3.09. The lowest BCUT2D eigenvalue weighted by Gasteiger charge is -2.37. The fraction of sp³-hybridized carbons (Fsp3) is 0.458. The number of nitrogens with zero attached hydrogens (tertiary/aromatic N) is 2. The number of rotatable bonds is 7. The molecule has 1 N–H and O–H groups in total. The SMILES string of the molecule is CCOC(=O)C1=C(C)N=C2SC=C(CC(=O)N[C@@H](C)CC)N2[C@@H]1c1ccc(C)cc1C. The molecule has 0 aliphatic carbocycles. The van der Waals surface area contributed by atoms with Gasteiger partial charge in [-0.25, -0.2) is 9.79 Å². The standard InChI is InChI=1S/C24H31N3O3S/c1-7-16(5)25-20(28)12-18-13-31-24-26-17(6)21(23(29)30-8-2)22(27(18)24)19-10-9-14(3)11-15(19)4/h9-11,13,16,22H,7-8,12H2,1-6H3,(H,25,28)/t16-,22+/m0/s1. The van der Waals surface area contributed by atoms with Crippen molar-refractivity contribution in [2.24, 2.45) is 4.99 Å². The third-order valence-electron chi connectivity index (χ3n) is 5.58. The van der Waals surface area contributed by atoms with E-state index < -0.39 is 0 Å². The molecule has 1 aromatic carbocycles. The van der Waals surface area contributed by atoms with Gasteiger partial charge in [0.2, 0.25) is 5.91 Å². The molecule has 7 heteroatoms. The lowest BCUT2D eigenvalue weighted by atomic mass is 9.90. The van der Waals surface area contributed by atoms with E-state index in [9.17, 15) is 9.59 Å². The van der Waals surface area contributed by atoms with Crippen molar-refractivity contribution in [2.75, 3.05) is 6.61 Å². The maximum Gasteiger partial charge on any atom is 0.338 e. The van der Waals surface area contributed by atoms with Crippen LogP contribution >= 0.6 is 11.8 Å². The monoisotopic (exact) mass is 441 g/mol. The molecule has 3 rings (SSSR count). The number of esters is 1. The number of carbonyl (C=O) groups is 2. The fourth-order valence-corrected chi connectivity index (χ4v) is 4.82. The van der Waals surface area contributed by atoms with Crippen LogP contribution in [0.1, 0.15) is 63.3 Å². The molecule has 2 atom stereocenters. The largest absolute Gasteiger partial charge is 0.463 e. The van der Waals surface area contributed by atoms with Crippen LogP contribution in [-0.2, 0) is 14.3 Å². The molecule has 0 unspecified atom stereocenters. The van der Waals surface area contributed by atoms with Gasteiger partial charge >= 0.3 is 5.97 Å². The first-order chi connectivity index (χ1) is 14.8. The van der Waals surface area contributed by atoms with E-state index in [0.29, 0.717) is 17.9 Å². The number of carbonyl (C=O) groups excluding carboxylic acids is 2. The van der Waals surface area contributed by atoms with Crippen molar-refractivity contribution in [2.45, 2.75) is 66.5 Å². The van der Waals surface area contributed by atoms with Gasteiger partial charge in [0.15, 0.2) is 5.17 Å². The first-order valence-electron chi connectivity index (χ1n) is 10.7. The van der Waals surface area contributed by atoms with Gasteiger partial charge in [-0.05, 0) is 57.6 Å². The van der Waals surface area contributed by atoms with Crippen molar-refractivity contribution in [3.05, 3.63) is 57.3 Å². The third kappa shape index (κ3) is 4.87. The van der Waals surface area contributed by atoms with E-state index >= 15 is 0 Å². The van der Waals surface area contributed by atoms with Gasteiger partial charge in [-0.15, -0.1) is 0 Å². The fourth-order valence-electron chi connectivity index (χ4n) is 3.86. The van der Waals surface area contributed by atoms with Crippen molar-refractivity contribution in [1.82, 2.24) is 10.2 Å². The molecule has 0 radical (unpaired) electrons. The molecule has 2 aliphatic heterocycles. The molecule has 0 fully saturated rings. The lowest BCUT2D eigenvalue weighted by Crippen LogP contribution is -2.39. The number of nitrogens with one attached hydrogen (secondary N) is 1. The second-order valence-electron chi connectivity index (χ2n) is 8.03. The zero-order chi connectivity index (χ0) is 22.7. The average molecular weight is 442 g/mol. The maximum atomic E-state index is 13.0. The predicted molar refractivity (Wildman–Crippen MR) is 125 cm³/mol. The summed E-state index contributed by atoms with van der Waals surface area (Å²) in [6.07, 6.45) is 1.10. The Morgan fingerprint density at radius 2 is 2.00 bits per heavy atom. The van der Waals surface area contributed by atoms with Crippen molar-refractivity contribution < 1.29 is 14.3 Å². The normalized spacial score (nSPS) is 18.9. The number of fused-ring (bicyclic) bond motifs is 1. The van der Waals surface area contributed by atoms with E-state index in [1.807, 2.05) is 51.0 Å². The van der Waals surface area contributed by atoms with Gasteiger partial charge in [0.1, 0.15) is 0 Å². The minimum atomic E-state index is -0.384. The number of aryl methyl sites for hydroxylation is 2. The van der Waals surface area contributed by atoms with E-state index in [2.05, 4.69) is 22.4 Å². The summed E-state index contributed by atoms with van der Waals surface area (Å²) in [6, 6.07) is 5.95. The van der Waals surface area contributed by atoms with Crippen LogP contribution in [0.2, 0.25) is 0 Å². The molecule has 2 heterocycles. The molecule has 166 valence electrons. The molecular formula is C24H31N3O3S. The summed E-state index contributed by atoms with van der Waals surface area (Å²) in [5.41, 5.74) is 5.26. The van der Waals surface area contributed by atoms with Crippen molar-refractivity contribution in [3.63, 3.8) is 0 Å². The van der Waals surface area contributed by atoms with Crippen LogP contribution in [0.25, 0.3) is 0 Å². The Bertz CT molecular complexity index is 980. The van der Waals surface area contributed by atoms with Crippen molar-refractivity contribution in [1.29, 1.82) is 0 Å². The third-order valence-corrected chi connectivity index (χ3v) is 6.47. The molecule has 6 nitrogen and oxygen atoms in total. The molecule has 2 aliphatic rings. The number of amides is 1. The maximum absolute atomic E-state index is 13.0. The number of hydrogen-bond acceptors (Lipinski definition) is 6. The number of hydrogen-bond donors (Lipinski definition) is 1. The van der Waals surface area contributed by atoms with Crippen LogP contribution in [0, 0.1) is 13.8 Å². The highest BCUT2D eigenvalue weighted by atomic mass is 32.2. The van der Waals surface area contributed by atoms with Crippen LogP contribution in [0.4, 0.5) is 0 Å². The highest BCUT2D eigenvalue weighted by Crippen LogP contribution is 2.45. The summed E-state index contributed by atoms with van der Waals surface area (Å²) in [5.74, 6) is -0.404. The Hall–Kier alpha value is -2.54. The van der Waals surface area contributed by atoms with Gasteiger partial charge in [-0.2, -0.15) is 0 Å². The Labute approximate surface area is 188 Å². The summed E-state index contributed by atoms with van der Waals surface area (Å²) in [4.78, 5) is 32.4. The molecule has 1 aromatic rings. The van der Waals surface area contributed by atoms with Gasteiger partial charge in [-0.1, -0.05) is 42.4 Å². The minimum absolute atomic E-state index is 0.0363. The number of ether oxygens (including phenoxy) is 1. The lowest BCUT2D eigenvalue weighted by molar-refractivity contribution is -0.139. The molecule has 0 spiro atoms. The van der Waals surface area contributed by atoms with Crippen molar-refractivity contribution >= 4 is 28.8 Å². The summed E-state index contributed by atoms with van der Waals surface area (Å²) in [5, 5.41) is 5.77. The number of amidine groups is 1. The minimum Gasteiger partial charge on any atom is -0.463 e. The van der Waals surface area contributed by atoms with Crippen LogP contribution in [0.5, 0.6) is 0 Å². The van der Waals surface area contributed by atoms with Gasteiger partial charge in [0, 0.05) is 11.7 Å². The topological polar surface area (TPSA) is 71.0 Å². The molecule has 31 heavy (non-hydrogen) atoms. The number of aliphatic imine (C=N–C) groups is 1. The molecular weight excluding hydrogens is 410 g/mol. The smallest absolute Gasteiger partial charge is 0.338 e. The zero-order valence-electron chi connectivity index (χ0n) is 19.1. The van der Waals surface area contributed by atoms with Gasteiger partial charge in [0.25, 0.3) is 0 Å². The van der Waals surface area contributed by atoms with E-state index in [1.54, 1.807) is 6.92 Å². The van der Waals surface area contributed by atoms with Crippen LogP contribution in [0.15, 0.2) is 45.6 Å². The Morgan fingerprint density at radius 3 is 2.65 bits per heavy atom. The van der Waals surface area contributed by atoms with E-state index in [0.717, 1.165) is 34.0 Å². The quantitative estimate of drug-likeness (QED) is 0.619. The van der Waals surface area contributed by atoms with Gasteiger partial charge in [-0.3, -0.25) is 4.79 Å². The highest BCUT2D eigenvalue weighted by molar-refractivity contribution is 8.16. The first-order valence-corrected chi connectivity index (χ1v) is 11.6. The zero-order valence-corrected chi connectivity index (χ0v) is 19.9. The Morgan fingerprint density at radius 1 is 1.26 bits per heavy atom. The summed E-state index contributed by atoms with van der Waals surface area (Å²) >= 11 is 1.49. The number of thioether (sulfide) groups is 1. The van der Waals surface area contributed by atoms with Crippen LogP contribution < -0.4 is 5.32 Å². The second kappa shape index (κ2) is 9.73. The van der Waals surface area contributed by atoms with Crippen molar-refractivity contribution in [3.8, 4) is 0 Å². The number of benzene rings is 1. The molecule has 0 bridgehead atoms. The second-order valence-corrected chi connectivity index (χ2v) is 8.86. The summed E-state index contributed by atoms with van der Waals surface area (Å²) in [7, 11) is 0. The predicted octanol–water partition coefficient (Wildman–Crippen LogP) is 4.75. The number of allylic oxidation sites excluding steroid dienone is 1. The Kier molecular flexibility index (Phi) is 7.26.